The van der Waals surface area contributed by atoms with Crippen molar-refractivity contribution in [3.05, 3.63) is 66.0 Å². The highest BCUT2D eigenvalue weighted by molar-refractivity contribution is 7.88. The first-order valence-electron chi connectivity index (χ1n) is 6.66. The SMILES string of the molecule is CS(=O)(=O)N(N)C(=O)c1ccc[n+](CC(=O)c2ccccc2)c1. The van der Waals surface area contributed by atoms with Gasteiger partial charge in [-0.15, -0.1) is 0 Å². The Kier molecular flexibility index (Phi) is 4.87. The first kappa shape index (κ1) is 16.8. The fourth-order valence-corrected chi connectivity index (χ4v) is 2.31. The molecule has 120 valence electrons. The van der Waals surface area contributed by atoms with Crippen LogP contribution in [-0.4, -0.2) is 30.8 Å². The van der Waals surface area contributed by atoms with Gasteiger partial charge in [-0.3, -0.25) is 9.59 Å². The van der Waals surface area contributed by atoms with Crippen LogP contribution in [0, 0.1) is 0 Å². The molecule has 0 unspecified atom stereocenters. The van der Waals surface area contributed by atoms with Gasteiger partial charge in [0.1, 0.15) is 5.56 Å². The van der Waals surface area contributed by atoms with Gasteiger partial charge in [-0.2, -0.15) is 8.98 Å². The van der Waals surface area contributed by atoms with Crippen molar-refractivity contribution in [1.82, 2.24) is 4.41 Å². The second kappa shape index (κ2) is 6.67. The Morgan fingerprint density at radius 1 is 1.09 bits per heavy atom. The van der Waals surface area contributed by atoms with E-state index in [0.29, 0.717) is 5.56 Å². The van der Waals surface area contributed by atoms with Gasteiger partial charge in [-0.05, 0) is 6.07 Å². The smallest absolute Gasteiger partial charge is 0.287 e. The molecule has 1 aromatic heterocycles. The number of nitrogens with two attached hydrogens (primary N) is 1. The van der Waals surface area contributed by atoms with E-state index in [1.165, 1.54) is 16.8 Å². The third-order valence-corrected chi connectivity index (χ3v) is 3.97. The molecule has 2 N–H and O–H groups in total. The van der Waals surface area contributed by atoms with Gasteiger partial charge in [0.25, 0.3) is 5.91 Å². The third-order valence-electron chi connectivity index (χ3n) is 3.08. The number of ketones is 1. The fourth-order valence-electron chi connectivity index (χ4n) is 1.91. The fraction of sp³-hybridized carbons (Fsp3) is 0.133. The van der Waals surface area contributed by atoms with Gasteiger partial charge in [0.15, 0.2) is 12.4 Å². The van der Waals surface area contributed by atoms with E-state index in [2.05, 4.69) is 0 Å². The molecule has 2 aromatic rings. The van der Waals surface area contributed by atoms with Crippen LogP contribution in [0.2, 0.25) is 0 Å². The van der Waals surface area contributed by atoms with E-state index in [0.717, 1.165) is 6.26 Å². The summed E-state index contributed by atoms with van der Waals surface area (Å²) in [4.78, 5) is 24.2. The van der Waals surface area contributed by atoms with Crippen molar-refractivity contribution in [3.8, 4) is 0 Å². The number of nitrogens with zero attached hydrogens (tertiary/aromatic N) is 2. The largest absolute Gasteiger partial charge is 0.287 e. The average Bonchev–Trinajstić information content (AvgIpc) is 2.53. The van der Waals surface area contributed by atoms with Crippen LogP contribution in [0.5, 0.6) is 0 Å². The van der Waals surface area contributed by atoms with Gasteiger partial charge in [-0.25, -0.2) is 14.3 Å². The van der Waals surface area contributed by atoms with Gasteiger partial charge in [0.05, 0.1) is 6.26 Å². The van der Waals surface area contributed by atoms with E-state index in [9.17, 15) is 18.0 Å². The molecule has 1 heterocycles. The van der Waals surface area contributed by atoms with Gasteiger partial charge in [-0.1, -0.05) is 30.3 Å². The summed E-state index contributed by atoms with van der Waals surface area (Å²) in [6, 6.07) is 11.7. The van der Waals surface area contributed by atoms with Crippen molar-refractivity contribution >= 4 is 21.7 Å². The standard InChI is InChI=1S/C15H16N3O4S/c1-23(21,22)18(16)15(20)13-8-5-9-17(10-13)11-14(19)12-6-3-2-4-7-12/h2-10H,11,16H2,1H3/q+1. The maximum absolute atomic E-state index is 12.2. The molecule has 1 amide bonds. The molecule has 2 rings (SSSR count). The topological polar surface area (TPSA) is 101 Å². The predicted molar refractivity (Wildman–Crippen MR) is 82.6 cm³/mol. The molecule has 8 heteroatoms. The van der Waals surface area contributed by atoms with E-state index in [1.807, 2.05) is 6.07 Å². The summed E-state index contributed by atoms with van der Waals surface area (Å²) in [5.41, 5.74) is 0.620. The number of amides is 1. The van der Waals surface area contributed by atoms with Crippen molar-refractivity contribution in [2.45, 2.75) is 6.54 Å². The maximum atomic E-state index is 12.2. The number of hydrogen-bond donors (Lipinski definition) is 1. The lowest BCUT2D eigenvalue weighted by atomic mass is 10.1. The second-order valence-electron chi connectivity index (χ2n) is 4.92. The zero-order valence-corrected chi connectivity index (χ0v) is 13.2. The molecule has 0 radical (unpaired) electrons. The van der Waals surface area contributed by atoms with Crippen LogP contribution in [0.3, 0.4) is 0 Å². The number of carbonyl (C=O) groups excluding carboxylic acids is 2. The number of pyridine rings is 1. The molecule has 0 aliphatic rings. The highest BCUT2D eigenvalue weighted by Crippen LogP contribution is 2.03. The summed E-state index contributed by atoms with van der Waals surface area (Å²) in [5.74, 6) is 4.29. The maximum Gasteiger partial charge on any atom is 0.287 e. The number of rotatable bonds is 5. The molecule has 0 spiro atoms. The Morgan fingerprint density at radius 2 is 1.70 bits per heavy atom. The van der Waals surface area contributed by atoms with Crippen LogP contribution in [0.4, 0.5) is 0 Å². The number of hydrogen-bond acceptors (Lipinski definition) is 5. The number of Topliss-reactive ketones (excluding diaryl/α,β-unsaturated/α-hetero) is 1. The van der Waals surface area contributed by atoms with E-state index in [-0.39, 0.29) is 22.3 Å². The number of sulfonamides is 1. The van der Waals surface area contributed by atoms with E-state index >= 15 is 0 Å². The Balaban J connectivity index is 2.21. The summed E-state index contributed by atoms with van der Waals surface area (Å²) in [5, 5.41) is 0. The van der Waals surface area contributed by atoms with Gasteiger partial charge >= 0.3 is 0 Å². The van der Waals surface area contributed by atoms with Gasteiger partial charge in [0.2, 0.25) is 22.4 Å². The molecule has 0 saturated heterocycles. The van der Waals surface area contributed by atoms with Crippen LogP contribution >= 0.6 is 0 Å². The molecule has 0 atom stereocenters. The Hall–Kier alpha value is -2.58. The Labute approximate surface area is 134 Å². The van der Waals surface area contributed by atoms with Crippen LogP contribution < -0.4 is 10.4 Å². The molecule has 7 nitrogen and oxygen atoms in total. The number of benzene rings is 1. The molecular formula is C15H16N3O4S+. The van der Waals surface area contributed by atoms with E-state index < -0.39 is 15.9 Å². The summed E-state index contributed by atoms with van der Waals surface area (Å²) in [6.45, 7) is 0.0224. The van der Waals surface area contributed by atoms with E-state index in [4.69, 9.17) is 5.84 Å². The van der Waals surface area contributed by atoms with Gasteiger partial charge < -0.3 is 0 Å². The molecule has 0 fully saturated rings. The third kappa shape index (κ3) is 4.21. The van der Waals surface area contributed by atoms with Crippen LogP contribution in [0.15, 0.2) is 54.9 Å². The van der Waals surface area contributed by atoms with Crippen molar-refractivity contribution in [1.29, 1.82) is 0 Å². The lowest BCUT2D eigenvalue weighted by molar-refractivity contribution is -0.683. The van der Waals surface area contributed by atoms with Crippen molar-refractivity contribution in [3.63, 3.8) is 0 Å². The van der Waals surface area contributed by atoms with Crippen molar-refractivity contribution < 1.29 is 22.6 Å². The van der Waals surface area contributed by atoms with Crippen molar-refractivity contribution in [2.24, 2.45) is 5.84 Å². The summed E-state index contributed by atoms with van der Waals surface area (Å²) < 4.78 is 24.3. The number of hydrazine groups is 1. The molecule has 0 aliphatic carbocycles. The van der Waals surface area contributed by atoms with Gasteiger partial charge in [0, 0.05) is 11.6 Å². The highest BCUT2D eigenvalue weighted by Gasteiger charge is 2.23. The lowest BCUT2D eigenvalue weighted by Crippen LogP contribution is -2.44. The summed E-state index contributed by atoms with van der Waals surface area (Å²) >= 11 is 0. The monoisotopic (exact) mass is 334 g/mol. The number of aromatic nitrogens is 1. The Bertz CT molecular complexity index is 835. The van der Waals surface area contributed by atoms with Crippen LogP contribution in [-0.2, 0) is 16.6 Å². The molecule has 0 bridgehead atoms. The van der Waals surface area contributed by atoms with Crippen LogP contribution in [0.1, 0.15) is 20.7 Å². The molecule has 0 saturated carbocycles. The minimum absolute atomic E-state index is 0.0224. The van der Waals surface area contributed by atoms with E-state index in [1.54, 1.807) is 36.5 Å². The predicted octanol–water partition coefficient (Wildman–Crippen LogP) is 0.132. The van der Waals surface area contributed by atoms with Crippen LogP contribution in [0.25, 0.3) is 0 Å². The molecule has 23 heavy (non-hydrogen) atoms. The minimum atomic E-state index is -3.84. The lowest BCUT2D eigenvalue weighted by Gasteiger charge is -2.12. The zero-order valence-electron chi connectivity index (χ0n) is 12.4. The minimum Gasteiger partial charge on any atom is -0.287 e. The molecule has 0 aliphatic heterocycles. The normalized spacial score (nSPS) is 11.0. The number of carbonyl (C=O) groups is 2. The highest BCUT2D eigenvalue weighted by atomic mass is 32.2. The first-order chi connectivity index (χ1) is 10.8. The second-order valence-corrected chi connectivity index (χ2v) is 6.78. The average molecular weight is 334 g/mol. The summed E-state index contributed by atoms with van der Waals surface area (Å²) in [6.07, 6.45) is 3.83. The van der Waals surface area contributed by atoms with Crippen molar-refractivity contribution in [2.75, 3.05) is 6.26 Å². The molecule has 1 aromatic carbocycles. The molecular weight excluding hydrogens is 318 g/mol. The first-order valence-corrected chi connectivity index (χ1v) is 8.50. The Morgan fingerprint density at radius 3 is 2.30 bits per heavy atom. The zero-order chi connectivity index (χ0) is 17.0. The quantitative estimate of drug-likeness (QED) is 0.275. The summed E-state index contributed by atoms with van der Waals surface area (Å²) in [7, 11) is -3.84.